The van der Waals surface area contributed by atoms with E-state index in [0.29, 0.717) is 22.3 Å². The summed E-state index contributed by atoms with van der Waals surface area (Å²) in [7, 11) is 1.61. The number of fused-ring (bicyclic) bond motifs is 1. The highest BCUT2D eigenvalue weighted by molar-refractivity contribution is 8.00. The van der Waals surface area contributed by atoms with E-state index in [2.05, 4.69) is 34.8 Å². The molecule has 3 N–H and O–H groups in total. The number of thiazole rings is 1. The van der Waals surface area contributed by atoms with Gasteiger partial charge in [-0.2, -0.15) is 0 Å². The van der Waals surface area contributed by atoms with Crippen molar-refractivity contribution in [1.82, 2.24) is 10.3 Å². The van der Waals surface area contributed by atoms with Gasteiger partial charge in [0.05, 0.1) is 17.3 Å². The molecule has 1 unspecified atom stereocenters. The summed E-state index contributed by atoms with van der Waals surface area (Å²) in [5, 5.41) is 8.64. The van der Waals surface area contributed by atoms with E-state index in [1.807, 2.05) is 91.0 Å². The van der Waals surface area contributed by atoms with Gasteiger partial charge in [0.2, 0.25) is 5.91 Å². The van der Waals surface area contributed by atoms with Gasteiger partial charge in [-0.1, -0.05) is 98.0 Å². The lowest BCUT2D eigenvalue weighted by Gasteiger charge is -2.17. The quantitative estimate of drug-likeness (QED) is 0.0862. The second-order valence-corrected chi connectivity index (χ2v) is 14.1. The lowest BCUT2D eigenvalue weighted by molar-refractivity contribution is -0.116. The van der Waals surface area contributed by atoms with Gasteiger partial charge < -0.3 is 20.7 Å². The number of aromatic nitrogens is 1. The first-order valence-electron chi connectivity index (χ1n) is 16.3. The van der Waals surface area contributed by atoms with Crippen LogP contribution in [0.4, 0.5) is 10.8 Å². The molecule has 0 fully saturated rings. The van der Waals surface area contributed by atoms with Gasteiger partial charge in [0.15, 0.2) is 5.13 Å². The Bertz CT molecular complexity index is 2170. The Labute approximate surface area is 305 Å². The number of thioether (sulfide) groups is 1. The highest BCUT2D eigenvalue weighted by Gasteiger charge is 2.24. The number of carbonyl (C=O) groups is 3. The van der Waals surface area contributed by atoms with Crippen LogP contribution in [0.15, 0.2) is 138 Å². The highest BCUT2D eigenvalue weighted by atomic mass is 32.2. The van der Waals surface area contributed by atoms with Crippen LogP contribution in [-0.4, -0.2) is 29.8 Å². The van der Waals surface area contributed by atoms with Crippen molar-refractivity contribution in [2.45, 2.75) is 29.9 Å². The number of ether oxygens (including phenoxy) is 1. The SMILES string of the molecule is COc1ccc2nc(NC(=O)C(Sc3ccc(NC(=O)/C(=C/c4ccc(C(C)C)cc4)NC(=O)c4ccccc4)cc3)c3ccccc3)sc2c1. The summed E-state index contributed by atoms with van der Waals surface area (Å²) in [6, 6.07) is 39.0. The summed E-state index contributed by atoms with van der Waals surface area (Å²) < 4.78 is 6.24. The van der Waals surface area contributed by atoms with Crippen molar-refractivity contribution < 1.29 is 19.1 Å². The smallest absolute Gasteiger partial charge is 0.272 e. The minimum absolute atomic E-state index is 0.105. The predicted molar refractivity (Wildman–Crippen MR) is 207 cm³/mol. The van der Waals surface area contributed by atoms with E-state index in [0.717, 1.165) is 32.0 Å². The topological polar surface area (TPSA) is 109 Å². The molecule has 0 aliphatic rings. The maximum atomic E-state index is 13.7. The van der Waals surface area contributed by atoms with Crippen molar-refractivity contribution in [1.29, 1.82) is 0 Å². The first kappa shape index (κ1) is 35.1. The molecule has 0 aliphatic carbocycles. The minimum atomic E-state index is -0.571. The second-order valence-electron chi connectivity index (χ2n) is 11.9. The van der Waals surface area contributed by atoms with Crippen LogP contribution < -0.4 is 20.7 Å². The molecule has 256 valence electrons. The van der Waals surface area contributed by atoms with Gasteiger partial charge in [0.1, 0.15) is 16.7 Å². The van der Waals surface area contributed by atoms with E-state index in [1.165, 1.54) is 28.7 Å². The molecule has 0 saturated carbocycles. The van der Waals surface area contributed by atoms with Gasteiger partial charge in [-0.3, -0.25) is 14.4 Å². The Hall–Kier alpha value is -5.71. The molecule has 0 aliphatic heterocycles. The lowest BCUT2D eigenvalue weighted by atomic mass is 10.0. The molecule has 51 heavy (non-hydrogen) atoms. The number of carbonyl (C=O) groups excluding carboxylic acids is 3. The zero-order chi connectivity index (χ0) is 35.7. The number of anilines is 2. The number of amides is 3. The van der Waals surface area contributed by atoms with E-state index in [4.69, 9.17) is 4.74 Å². The Morgan fingerprint density at radius 3 is 2.14 bits per heavy atom. The summed E-state index contributed by atoms with van der Waals surface area (Å²) in [6.45, 7) is 4.23. The van der Waals surface area contributed by atoms with Crippen LogP contribution in [0.25, 0.3) is 16.3 Å². The van der Waals surface area contributed by atoms with Crippen LogP contribution in [-0.2, 0) is 9.59 Å². The molecule has 0 saturated heterocycles. The third kappa shape index (κ3) is 9.10. The fraction of sp³-hybridized carbons (Fsp3) is 0.122. The van der Waals surface area contributed by atoms with E-state index >= 15 is 0 Å². The Morgan fingerprint density at radius 2 is 1.47 bits per heavy atom. The van der Waals surface area contributed by atoms with Crippen molar-refractivity contribution in [3.63, 3.8) is 0 Å². The molecule has 1 aromatic heterocycles. The molecule has 0 bridgehead atoms. The normalized spacial score (nSPS) is 12.0. The van der Waals surface area contributed by atoms with Gasteiger partial charge in [0, 0.05) is 16.1 Å². The molecule has 1 atom stereocenters. The monoisotopic (exact) mass is 712 g/mol. The fourth-order valence-corrected chi connectivity index (χ4v) is 7.12. The number of hydrogen-bond acceptors (Lipinski definition) is 7. The third-order valence-corrected chi connectivity index (χ3v) is 10.2. The zero-order valence-corrected chi connectivity index (χ0v) is 29.9. The molecule has 8 nitrogen and oxygen atoms in total. The van der Waals surface area contributed by atoms with Crippen LogP contribution in [0, 0.1) is 0 Å². The van der Waals surface area contributed by atoms with Crippen LogP contribution in [0.1, 0.15) is 52.1 Å². The first-order chi connectivity index (χ1) is 24.7. The Balaban J connectivity index is 1.18. The molecule has 3 amide bonds. The summed E-state index contributed by atoms with van der Waals surface area (Å²) in [6.07, 6.45) is 1.66. The van der Waals surface area contributed by atoms with Crippen molar-refractivity contribution in [3.05, 3.63) is 155 Å². The standard InChI is InChI=1S/C41H36N4O4S2/c1-26(2)28-16-14-27(15-17-28)24-35(43-38(46)30-12-8-5-9-13-30)39(47)42-31-18-21-33(22-19-31)50-37(29-10-6-4-7-11-29)40(48)45-41-44-34-23-20-32(49-3)25-36(34)51-41/h4-26,37H,1-3H3,(H,42,47)(H,43,46)(H,44,45,48)/b35-24-. The Morgan fingerprint density at radius 1 is 0.784 bits per heavy atom. The van der Waals surface area contributed by atoms with Gasteiger partial charge in [-0.15, -0.1) is 11.8 Å². The van der Waals surface area contributed by atoms with Crippen molar-refractivity contribution in [3.8, 4) is 5.75 Å². The van der Waals surface area contributed by atoms with Crippen molar-refractivity contribution in [2.24, 2.45) is 0 Å². The number of nitrogens with zero attached hydrogens (tertiary/aromatic N) is 1. The van der Waals surface area contributed by atoms with E-state index in [9.17, 15) is 14.4 Å². The largest absolute Gasteiger partial charge is 0.497 e. The lowest BCUT2D eigenvalue weighted by Crippen LogP contribution is -2.30. The molecule has 6 rings (SSSR count). The summed E-state index contributed by atoms with van der Waals surface area (Å²) in [4.78, 5) is 45.8. The highest BCUT2D eigenvalue weighted by Crippen LogP contribution is 2.38. The van der Waals surface area contributed by atoms with Crippen LogP contribution >= 0.6 is 23.1 Å². The summed E-state index contributed by atoms with van der Waals surface area (Å²) >= 11 is 2.78. The van der Waals surface area contributed by atoms with Gasteiger partial charge in [0.25, 0.3) is 11.8 Å². The number of rotatable bonds is 12. The summed E-state index contributed by atoms with van der Waals surface area (Å²) in [5.41, 5.74) is 4.64. The second kappa shape index (κ2) is 16.3. The minimum Gasteiger partial charge on any atom is -0.497 e. The zero-order valence-electron chi connectivity index (χ0n) is 28.3. The molecule has 6 aromatic rings. The molecule has 0 spiro atoms. The Kier molecular flexibility index (Phi) is 11.2. The number of benzene rings is 5. The predicted octanol–water partition coefficient (Wildman–Crippen LogP) is 9.31. The molecular weight excluding hydrogens is 677 g/mol. The number of hydrogen-bond donors (Lipinski definition) is 3. The van der Waals surface area contributed by atoms with Crippen LogP contribution in [0.3, 0.4) is 0 Å². The van der Waals surface area contributed by atoms with Gasteiger partial charge in [-0.05, 0) is 83.3 Å². The first-order valence-corrected chi connectivity index (χ1v) is 18.0. The van der Waals surface area contributed by atoms with Crippen LogP contribution in [0.5, 0.6) is 5.75 Å². The third-order valence-electron chi connectivity index (χ3n) is 7.98. The molecule has 1 heterocycles. The van der Waals surface area contributed by atoms with Crippen molar-refractivity contribution in [2.75, 3.05) is 17.7 Å². The van der Waals surface area contributed by atoms with E-state index in [1.54, 1.807) is 49.6 Å². The van der Waals surface area contributed by atoms with Crippen molar-refractivity contribution >= 4 is 67.9 Å². The number of methoxy groups -OCH3 is 1. The number of nitrogens with one attached hydrogen (secondary N) is 3. The average molecular weight is 713 g/mol. The molecule has 10 heteroatoms. The van der Waals surface area contributed by atoms with Gasteiger partial charge in [-0.25, -0.2) is 4.98 Å². The van der Waals surface area contributed by atoms with Crippen LogP contribution in [0.2, 0.25) is 0 Å². The van der Waals surface area contributed by atoms with Gasteiger partial charge >= 0.3 is 0 Å². The summed E-state index contributed by atoms with van der Waals surface area (Å²) in [5.74, 6) is 0.0218. The average Bonchev–Trinajstić information content (AvgIpc) is 3.56. The van der Waals surface area contributed by atoms with E-state index in [-0.39, 0.29) is 11.6 Å². The molecule has 5 aromatic carbocycles. The maximum Gasteiger partial charge on any atom is 0.272 e. The molecule has 0 radical (unpaired) electrons. The maximum absolute atomic E-state index is 13.7. The fourth-order valence-electron chi connectivity index (χ4n) is 5.19. The molecular formula is C41H36N4O4S2. The van der Waals surface area contributed by atoms with E-state index < -0.39 is 17.1 Å².